The van der Waals surface area contributed by atoms with Crippen LogP contribution in [0.2, 0.25) is 5.02 Å². The van der Waals surface area contributed by atoms with Gasteiger partial charge in [-0.2, -0.15) is 5.26 Å². The highest BCUT2D eigenvalue weighted by molar-refractivity contribution is 7.98. The van der Waals surface area contributed by atoms with Crippen LogP contribution in [0.5, 0.6) is 11.5 Å². The van der Waals surface area contributed by atoms with Crippen LogP contribution in [0.1, 0.15) is 59.8 Å². The lowest BCUT2D eigenvalue weighted by Gasteiger charge is -2.39. The Labute approximate surface area is 232 Å². The number of hydrogen-bond acceptors (Lipinski definition) is 7. The quantitative estimate of drug-likeness (QED) is 0.472. The predicted octanol–water partition coefficient (Wildman–Crippen LogP) is 4.80. The first kappa shape index (κ1) is 26.9. The van der Waals surface area contributed by atoms with Gasteiger partial charge in [0.05, 0.1) is 16.5 Å². The second kappa shape index (κ2) is 10.1. The largest absolute Gasteiger partial charge is 0.448 e. The number of ether oxygens (including phenoxy) is 2. The first-order valence-corrected chi connectivity index (χ1v) is 14.6. The molecule has 8 nitrogen and oxygen atoms in total. The zero-order valence-corrected chi connectivity index (χ0v) is 23.8. The second-order valence-corrected chi connectivity index (χ2v) is 12.1. The zero-order chi connectivity index (χ0) is 27.2. The van der Waals surface area contributed by atoms with Gasteiger partial charge in [-0.25, -0.2) is 0 Å². The normalized spacial score (nSPS) is 22.2. The number of aromatic amines is 1. The predicted molar refractivity (Wildman–Crippen MR) is 147 cm³/mol. The summed E-state index contributed by atoms with van der Waals surface area (Å²) in [6, 6.07) is 5.99. The molecule has 2 aliphatic heterocycles. The number of piperidine rings is 1. The van der Waals surface area contributed by atoms with Gasteiger partial charge >= 0.3 is 0 Å². The number of aryl methyl sites for hydroxylation is 1. The van der Waals surface area contributed by atoms with Crippen LogP contribution in [-0.4, -0.2) is 47.5 Å². The van der Waals surface area contributed by atoms with Gasteiger partial charge in [-0.15, -0.1) is 11.8 Å². The van der Waals surface area contributed by atoms with Crippen molar-refractivity contribution in [2.75, 3.05) is 25.9 Å². The average molecular weight is 557 g/mol. The summed E-state index contributed by atoms with van der Waals surface area (Å²) >= 11 is 8.07. The van der Waals surface area contributed by atoms with Crippen molar-refractivity contribution in [3.05, 3.63) is 49.9 Å². The van der Waals surface area contributed by atoms with Gasteiger partial charge < -0.3 is 24.7 Å². The summed E-state index contributed by atoms with van der Waals surface area (Å²) in [5, 5.41) is 12.6. The molecule has 1 amide bonds. The van der Waals surface area contributed by atoms with Gasteiger partial charge in [-0.1, -0.05) is 11.6 Å². The van der Waals surface area contributed by atoms with E-state index in [0.717, 1.165) is 55.9 Å². The van der Waals surface area contributed by atoms with Crippen molar-refractivity contribution in [2.45, 2.75) is 63.7 Å². The van der Waals surface area contributed by atoms with Crippen LogP contribution < -0.4 is 20.3 Å². The Balaban J connectivity index is 1.28. The highest BCUT2D eigenvalue weighted by Gasteiger charge is 2.49. The van der Waals surface area contributed by atoms with Crippen LogP contribution in [0.25, 0.3) is 0 Å². The lowest BCUT2D eigenvalue weighted by Crippen LogP contribution is -2.49. The van der Waals surface area contributed by atoms with Gasteiger partial charge in [0.1, 0.15) is 0 Å². The van der Waals surface area contributed by atoms with E-state index in [1.807, 2.05) is 33.1 Å². The molecule has 202 valence electrons. The Morgan fingerprint density at radius 2 is 1.95 bits per heavy atom. The minimum atomic E-state index is -0.882. The van der Waals surface area contributed by atoms with Crippen molar-refractivity contribution in [1.29, 1.82) is 5.26 Å². The minimum Gasteiger partial charge on any atom is -0.448 e. The number of fused-ring (bicyclic) bond motifs is 1. The van der Waals surface area contributed by atoms with Crippen LogP contribution in [0.15, 0.2) is 21.8 Å². The van der Waals surface area contributed by atoms with E-state index in [1.165, 1.54) is 11.8 Å². The summed E-state index contributed by atoms with van der Waals surface area (Å²) in [5.74, 6) is -0.114. The van der Waals surface area contributed by atoms with E-state index in [4.69, 9.17) is 21.1 Å². The summed E-state index contributed by atoms with van der Waals surface area (Å²) in [7, 11) is 0. The highest BCUT2D eigenvalue weighted by Crippen LogP contribution is 2.51. The van der Waals surface area contributed by atoms with Gasteiger partial charge in [-0.3, -0.25) is 9.59 Å². The molecular formula is C28H33ClN4O4S. The molecular weight excluding hydrogens is 524 g/mol. The number of benzene rings is 1. The van der Waals surface area contributed by atoms with Gasteiger partial charge in [0.15, 0.2) is 11.5 Å². The van der Waals surface area contributed by atoms with E-state index in [-0.39, 0.29) is 29.3 Å². The molecule has 5 rings (SSSR count). The number of nitriles is 1. The molecule has 38 heavy (non-hydrogen) atoms. The fourth-order valence-electron chi connectivity index (χ4n) is 5.55. The van der Waals surface area contributed by atoms with E-state index in [0.29, 0.717) is 33.2 Å². The number of H-pyrrole nitrogens is 1. The number of rotatable bonds is 7. The number of amides is 1. The van der Waals surface area contributed by atoms with Crippen molar-refractivity contribution < 1.29 is 14.3 Å². The van der Waals surface area contributed by atoms with Crippen molar-refractivity contribution in [3.63, 3.8) is 0 Å². The number of thioether (sulfide) groups is 1. The first-order chi connectivity index (χ1) is 18.1. The van der Waals surface area contributed by atoms with Crippen LogP contribution >= 0.6 is 23.4 Å². The fourth-order valence-corrected chi connectivity index (χ4v) is 6.49. The number of hydrogen-bond donors (Lipinski definition) is 2. The van der Waals surface area contributed by atoms with Crippen LogP contribution in [0, 0.1) is 36.5 Å². The molecule has 2 fully saturated rings. The molecule has 3 aliphatic rings. The van der Waals surface area contributed by atoms with Crippen molar-refractivity contribution in [1.82, 2.24) is 15.2 Å². The topological polar surface area (TPSA) is 107 Å². The molecule has 1 aliphatic carbocycles. The Bertz CT molecular complexity index is 1370. The number of pyridine rings is 1. The van der Waals surface area contributed by atoms with Gasteiger partial charge in [0, 0.05) is 53.2 Å². The Morgan fingerprint density at radius 3 is 2.58 bits per heavy atom. The third-order valence-corrected chi connectivity index (χ3v) is 9.20. The molecule has 1 aromatic carbocycles. The van der Waals surface area contributed by atoms with Crippen LogP contribution in [-0.2, 0) is 6.54 Å². The molecule has 10 heteroatoms. The lowest BCUT2D eigenvalue weighted by molar-refractivity contribution is -0.125. The number of carbonyl (C=O) groups is 1. The van der Waals surface area contributed by atoms with Crippen molar-refractivity contribution in [3.8, 4) is 17.6 Å². The monoisotopic (exact) mass is 556 g/mol. The maximum absolute atomic E-state index is 13.2. The second-order valence-electron chi connectivity index (χ2n) is 10.9. The van der Waals surface area contributed by atoms with Crippen molar-refractivity contribution >= 4 is 29.3 Å². The van der Waals surface area contributed by atoms with E-state index >= 15 is 0 Å². The van der Waals surface area contributed by atoms with Crippen molar-refractivity contribution in [2.24, 2.45) is 11.3 Å². The number of halogens is 1. The smallest absolute Gasteiger partial charge is 0.254 e. The summed E-state index contributed by atoms with van der Waals surface area (Å²) < 4.78 is 12.8. The van der Waals surface area contributed by atoms with E-state index in [2.05, 4.69) is 21.3 Å². The molecule has 0 bridgehead atoms. The summed E-state index contributed by atoms with van der Waals surface area (Å²) in [5.41, 5.74) is 1.97. The standard InChI is InChI=1S/C28H33ClN4O4S/c1-16-11-22(38-4)20(26(35)32-16)13-31-25(34)19-12-21(29)24-23(17(19)2)36-27(3,37-24)18-5-9-33(10-6-18)15-28(14-30)7-8-28/h11-12,18H,5-10,13,15H2,1-4H3,(H,31,34)(H,32,35). The number of nitrogens with one attached hydrogen (secondary N) is 2. The third-order valence-electron chi connectivity index (χ3n) is 8.11. The maximum atomic E-state index is 13.2. The Morgan fingerprint density at radius 1 is 1.26 bits per heavy atom. The molecule has 0 radical (unpaired) electrons. The molecule has 2 aromatic rings. The average Bonchev–Trinajstić information content (AvgIpc) is 3.57. The van der Waals surface area contributed by atoms with E-state index in [9.17, 15) is 14.9 Å². The molecule has 0 spiro atoms. The minimum absolute atomic E-state index is 0.0967. The maximum Gasteiger partial charge on any atom is 0.254 e. The SMILES string of the molecule is CSc1cc(C)[nH]c(=O)c1CNC(=O)c1cc(Cl)c2c(c1C)OC(C)(C1CCN(CC3(C#N)CC3)CC1)O2. The Hall–Kier alpha value is -2.67. The zero-order valence-electron chi connectivity index (χ0n) is 22.2. The molecule has 1 saturated heterocycles. The van der Waals surface area contributed by atoms with E-state index in [1.54, 1.807) is 6.07 Å². The molecule has 1 atom stereocenters. The number of nitrogens with zero attached hydrogens (tertiary/aromatic N) is 2. The molecule has 1 saturated carbocycles. The molecule has 2 N–H and O–H groups in total. The third kappa shape index (κ3) is 5.02. The van der Waals surface area contributed by atoms with Crippen LogP contribution in [0.3, 0.4) is 0 Å². The molecule has 1 unspecified atom stereocenters. The van der Waals surface area contributed by atoms with E-state index < -0.39 is 5.79 Å². The summed E-state index contributed by atoms with van der Waals surface area (Å²) in [4.78, 5) is 31.7. The summed E-state index contributed by atoms with van der Waals surface area (Å²) in [6.07, 6.45) is 5.67. The lowest BCUT2D eigenvalue weighted by atomic mass is 9.88. The Kier molecular flexibility index (Phi) is 7.18. The van der Waals surface area contributed by atoms with Gasteiger partial charge in [-0.05, 0) is 71.0 Å². The number of aromatic nitrogens is 1. The fraction of sp³-hybridized carbons (Fsp3) is 0.536. The van der Waals surface area contributed by atoms with Crippen LogP contribution in [0.4, 0.5) is 0 Å². The number of carbonyl (C=O) groups excluding carboxylic acids is 1. The highest BCUT2D eigenvalue weighted by atomic mass is 35.5. The van der Waals surface area contributed by atoms with Gasteiger partial charge in [0.25, 0.3) is 17.3 Å². The molecule has 3 heterocycles. The first-order valence-electron chi connectivity index (χ1n) is 13.0. The summed E-state index contributed by atoms with van der Waals surface area (Å²) in [6.45, 7) is 8.31. The van der Waals surface area contributed by atoms with Gasteiger partial charge in [0.2, 0.25) is 0 Å². The number of likely N-dealkylation sites (tertiary alicyclic amines) is 1. The molecule has 1 aromatic heterocycles.